The van der Waals surface area contributed by atoms with Gasteiger partial charge in [0.25, 0.3) is 0 Å². The minimum Gasteiger partial charge on any atom is -0.497 e. The molecule has 0 bridgehead atoms. The predicted octanol–water partition coefficient (Wildman–Crippen LogP) is 6.09. The molecule has 8 heteroatoms. The SMILES string of the molecule is COc1ccc(C(=O)C2C(C(=O)Nc3ccc(Cl)cc3)N3C=Cc4ccccc4C3C23C(=O)Nc2ccccc23)cc1. The van der Waals surface area contributed by atoms with Crippen molar-refractivity contribution in [2.75, 3.05) is 17.7 Å². The van der Waals surface area contributed by atoms with E-state index in [0.717, 1.165) is 11.1 Å². The number of methoxy groups -OCH3 is 1. The molecule has 7 nitrogen and oxygen atoms in total. The third-order valence-corrected chi connectivity index (χ3v) is 8.86. The average Bonchev–Trinajstić information content (AvgIpc) is 3.50. The summed E-state index contributed by atoms with van der Waals surface area (Å²) in [6.07, 6.45) is 3.78. The minimum atomic E-state index is -1.39. The molecular formula is C34H26ClN3O4. The van der Waals surface area contributed by atoms with Crippen LogP contribution >= 0.6 is 11.6 Å². The Bertz CT molecular complexity index is 1770. The normalized spacial score (nSPS) is 23.1. The van der Waals surface area contributed by atoms with Gasteiger partial charge in [-0.1, -0.05) is 54.1 Å². The van der Waals surface area contributed by atoms with E-state index in [0.29, 0.717) is 33.3 Å². The second-order valence-electron chi connectivity index (χ2n) is 10.7. The monoisotopic (exact) mass is 575 g/mol. The lowest BCUT2D eigenvalue weighted by Gasteiger charge is -2.38. The van der Waals surface area contributed by atoms with E-state index in [-0.39, 0.29) is 11.7 Å². The number of benzene rings is 4. The third kappa shape index (κ3) is 3.77. The van der Waals surface area contributed by atoms with E-state index in [4.69, 9.17) is 16.3 Å². The summed E-state index contributed by atoms with van der Waals surface area (Å²) in [5, 5.41) is 6.58. The van der Waals surface area contributed by atoms with Crippen LogP contribution in [0.5, 0.6) is 5.75 Å². The van der Waals surface area contributed by atoms with Gasteiger partial charge in [-0.25, -0.2) is 0 Å². The lowest BCUT2D eigenvalue weighted by atomic mass is 9.63. The zero-order valence-electron chi connectivity index (χ0n) is 22.6. The lowest BCUT2D eigenvalue weighted by molar-refractivity contribution is -0.122. The smallest absolute Gasteiger partial charge is 0.247 e. The second-order valence-corrected chi connectivity index (χ2v) is 11.1. The molecule has 0 saturated carbocycles. The van der Waals surface area contributed by atoms with Gasteiger partial charge in [0.2, 0.25) is 11.8 Å². The summed E-state index contributed by atoms with van der Waals surface area (Å²) in [6, 6.07) is 27.2. The van der Waals surface area contributed by atoms with E-state index in [2.05, 4.69) is 10.6 Å². The molecule has 0 radical (unpaired) electrons. The van der Waals surface area contributed by atoms with Crippen LogP contribution in [0, 0.1) is 5.92 Å². The first kappa shape index (κ1) is 26.0. The summed E-state index contributed by atoms with van der Waals surface area (Å²) in [7, 11) is 1.56. The Hall–Kier alpha value is -4.88. The van der Waals surface area contributed by atoms with Crippen LogP contribution in [0.4, 0.5) is 11.4 Å². The number of ether oxygens (including phenoxy) is 1. The molecule has 3 aliphatic heterocycles. The van der Waals surface area contributed by atoms with Crippen molar-refractivity contribution in [2.24, 2.45) is 5.92 Å². The molecule has 1 fully saturated rings. The van der Waals surface area contributed by atoms with Crippen molar-refractivity contribution in [3.63, 3.8) is 0 Å². The number of amides is 2. The molecule has 4 atom stereocenters. The molecule has 2 amide bonds. The fourth-order valence-electron chi connectivity index (χ4n) is 6.85. The van der Waals surface area contributed by atoms with Gasteiger partial charge >= 0.3 is 0 Å². The van der Waals surface area contributed by atoms with Gasteiger partial charge in [0.05, 0.1) is 19.1 Å². The maximum atomic E-state index is 14.8. The Morgan fingerprint density at radius 2 is 1.64 bits per heavy atom. The van der Waals surface area contributed by atoms with Crippen LogP contribution < -0.4 is 15.4 Å². The summed E-state index contributed by atoms with van der Waals surface area (Å²) in [4.78, 5) is 45.4. The van der Waals surface area contributed by atoms with E-state index in [1.165, 1.54) is 0 Å². The van der Waals surface area contributed by atoms with Gasteiger partial charge in [0.1, 0.15) is 17.2 Å². The van der Waals surface area contributed by atoms with Gasteiger partial charge in [-0.05, 0) is 77.4 Å². The molecule has 3 aliphatic rings. The van der Waals surface area contributed by atoms with Crippen molar-refractivity contribution in [2.45, 2.75) is 17.5 Å². The number of hydrogen-bond acceptors (Lipinski definition) is 5. The predicted molar refractivity (Wildman–Crippen MR) is 161 cm³/mol. The van der Waals surface area contributed by atoms with Crippen LogP contribution in [0.2, 0.25) is 5.02 Å². The number of nitrogens with zero attached hydrogens (tertiary/aromatic N) is 1. The van der Waals surface area contributed by atoms with Gasteiger partial charge in [0, 0.05) is 28.2 Å². The molecule has 2 N–H and O–H groups in total. The number of ketones is 1. The van der Waals surface area contributed by atoms with Crippen LogP contribution in [0.1, 0.15) is 33.1 Å². The van der Waals surface area contributed by atoms with Crippen molar-refractivity contribution in [3.8, 4) is 5.75 Å². The van der Waals surface area contributed by atoms with Gasteiger partial charge in [-0.15, -0.1) is 0 Å². The Balaban J connectivity index is 1.47. The van der Waals surface area contributed by atoms with Crippen LogP contribution in [0.3, 0.4) is 0 Å². The highest BCUT2D eigenvalue weighted by Gasteiger charge is 2.70. The first-order valence-corrected chi connectivity index (χ1v) is 14.0. The van der Waals surface area contributed by atoms with Crippen molar-refractivity contribution < 1.29 is 19.1 Å². The van der Waals surface area contributed by atoms with Gasteiger partial charge in [-0.2, -0.15) is 0 Å². The minimum absolute atomic E-state index is 0.305. The molecule has 208 valence electrons. The number of fused-ring (bicyclic) bond motifs is 6. The quantitative estimate of drug-likeness (QED) is 0.281. The van der Waals surface area contributed by atoms with E-state index in [1.807, 2.05) is 65.7 Å². The third-order valence-electron chi connectivity index (χ3n) is 8.61. The maximum Gasteiger partial charge on any atom is 0.247 e. The zero-order chi connectivity index (χ0) is 29.0. The molecule has 1 saturated heterocycles. The lowest BCUT2D eigenvalue weighted by Crippen LogP contribution is -2.50. The summed E-state index contributed by atoms with van der Waals surface area (Å²) in [5.41, 5.74) is 2.68. The average molecular weight is 576 g/mol. The highest BCUT2D eigenvalue weighted by Crippen LogP contribution is 2.62. The molecule has 7 rings (SSSR count). The van der Waals surface area contributed by atoms with Crippen molar-refractivity contribution >= 4 is 46.6 Å². The molecule has 4 unspecified atom stereocenters. The first-order chi connectivity index (χ1) is 20.4. The largest absolute Gasteiger partial charge is 0.497 e. The number of anilines is 2. The number of carbonyl (C=O) groups excluding carboxylic acids is 3. The molecule has 3 heterocycles. The Labute approximate surface area is 247 Å². The van der Waals surface area contributed by atoms with E-state index in [9.17, 15) is 14.4 Å². The number of nitrogens with one attached hydrogen (secondary N) is 2. The number of para-hydroxylation sites is 1. The Morgan fingerprint density at radius 3 is 2.40 bits per heavy atom. The van der Waals surface area contributed by atoms with Crippen molar-refractivity contribution in [1.82, 2.24) is 4.90 Å². The summed E-state index contributed by atoms with van der Waals surface area (Å²) >= 11 is 6.09. The Kier molecular flexibility index (Phi) is 6.13. The number of Topliss-reactive ketones (excluding diaryl/α,β-unsaturated/α-hetero) is 1. The van der Waals surface area contributed by atoms with Crippen LogP contribution in [0.15, 0.2) is 103 Å². The molecule has 0 aromatic heterocycles. The van der Waals surface area contributed by atoms with Crippen LogP contribution in [-0.4, -0.2) is 35.6 Å². The van der Waals surface area contributed by atoms with E-state index in [1.54, 1.807) is 55.6 Å². The summed E-state index contributed by atoms with van der Waals surface area (Å²) < 4.78 is 5.32. The fraction of sp³-hybridized carbons (Fsp3) is 0.147. The number of halogens is 1. The molecular weight excluding hydrogens is 550 g/mol. The van der Waals surface area contributed by atoms with E-state index < -0.39 is 29.3 Å². The van der Waals surface area contributed by atoms with Gasteiger partial charge in [-0.3, -0.25) is 14.4 Å². The number of carbonyl (C=O) groups is 3. The summed E-state index contributed by atoms with van der Waals surface area (Å²) in [6.45, 7) is 0. The molecule has 1 spiro atoms. The molecule has 4 aromatic rings. The van der Waals surface area contributed by atoms with Crippen LogP contribution in [-0.2, 0) is 15.0 Å². The first-order valence-electron chi connectivity index (χ1n) is 13.6. The standard InChI is InChI=1S/C34H26ClN3O4/c1-42-24-16-10-21(11-17-24)30(39)28-29(32(40)36-23-14-12-22(35)13-15-23)38-19-18-20-6-2-3-7-25(20)31(38)34(28)26-8-4-5-9-27(26)37-33(34)41/h2-19,28-29,31H,1H3,(H,36,40)(H,37,41). The Morgan fingerprint density at radius 1 is 0.929 bits per heavy atom. The highest BCUT2D eigenvalue weighted by molar-refractivity contribution is 6.30. The summed E-state index contributed by atoms with van der Waals surface area (Å²) in [5.74, 6) is -1.48. The fourth-order valence-corrected chi connectivity index (χ4v) is 6.98. The zero-order valence-corrected chi connectivity index (χ0v) is 23.3. The number of rotatable bonds is 5. The molecule has 0 aliphatic carbocycles. The van der Waals surface area contributed by atoms with Gasteiger partial charge < -0.3 is 20.3 Å². The van der Waals surface area contributed by atoms with Crippen molar-refractivity contribution in [1.29, 1.82) is 0 Å². The molecule has 42 heavy (non-hydrogen) atoms. The molecule has 4 aromatic carbocycles. The van der Waals surface area contributed by atoms with E-state index >= 15 is 0 Å². The van der Waals surface area contributed by atoms with Crippen LogP contribution in [0.25, 0.3) is 6.08 Å². The van der Waals surface area contributed by atoms with Gasteiger partial charge in [0.15, 0.2) is 5.78 Å². The second kappa shape index (κ2) is 9.89. The maximum absolute atomic E-state index is 14.8. The highest BCUT2D eigenvalue weighted by atomic mass is 35.5. The number of hydrogen-bond donors (Lipinski definition) is 2. The topological polar surface area (TPSA) is 87.7 Å². The van der Waals surface area contributed by atoms with Crippen molar-refractivity contribution in [3.05, 3.63) is 131 Å².